The Labute approximate surface area is 207 Å². The van der Waals surface area contributed by atoms with E-state index in [0.29, 0.717) is 44.1 Å². The van der Waals surface area contributed by atoms with Crippen LogP contribution in [0.4, 0.5) is 0 Å². The summed E-state index contributed by atoms with van der Waals surface area (Å²) in [7, 11) is 0. The van der Waals surface area contributed by atoms with Crippen molar-refractivity contribution in [2.24, 2.45) is 5.92 Å². The highest BCUT2D eigenvalue weighted by Gasteiger charge is 2.29. The molecule has 8 heteroatoms. The predicted molar refractivity (Wildman–Crippen MR) is 132 cm³/mol. The average Bonchev–Trinajstić information content (AvgIpc) is 3.54. The fraction of sp³-hybridized carbons (Fsp3) is 0.320. The van der Waals surface area contributed by atoms with Gasteiger partial charge in [0.1, 0.15) is 0 Å². The van der Waals surface area contributed by atoms with Crippen molar-refractivity contribution in [1.29, 1.82) is 0 Å². The Bertz CT molecular complexity index is 1290. The Morgan fingerprint density at radius 2 is 1.67 bits per heavy atom. The van der Waals surface area contributed by atoms with Gasteiger partial charge in [0.15, 0.2) is 5.69 Å². The Hall–Kier alpha value is -2.34. The molecular weight excluding hydrogens is 479 g/mol. The number of nitrogens with zero attached hydrogens (tertiary/aromatic N) is 4. The summed E-state index contributed by atoms with van der Waals surface area (Å²) in [6.45, 7) is 4.17. The number of benzene rings is 2. The van der Waals surface area contributed by atoms with Gasteiger partial charge in [-0.05, 0) is 56.0 Å². The van der Waals surface area contributed by atoms with E-state index in [0.717, 1.165) is 16.8 Å². The summed E-state index contributed by atoms with van der Waals surface area (Å²) in [5.74, 6) is 1.90. The highest BCUT2D eigenvalue weighted by atomic mass is 35.5. The molecule has 5 nitrogen and oxygen atoms in total. The lowest BCUT2D eigenvalue weighted by atomic mass is 9.93. The third-order valence-electron chi connectivity index (χ3n) is 6.52. The van der Waals surface area contributed by atoms with Crippen LogP contribution in [0.5, 0.6) is 0 Å². The lowest BCUT2D eigenvalue weighted by Gasteiger charge is -2.13. The van der Waals surface area contributed by atoms with Crippen molar-refractivity contribution in [3.05, 3.63) is 69.0 Å². The molecular formula is C25H23Cl3N4O. The molecule has 0 amide bonds. The molecule has 33 heavy (non-hydrogen) atoms. The van der Waals surface area contributed by atoms with E-state index in [2.05, 4.69) is 17.1 Å². The number of halogens is 3. The highest BCUT2D eigenvalue weighted by molar-refractivity contribution is 6.35. The maximum Gasteiger partial charge on any atom is 0.268 e. The van der Waals surface area contributed by atoms with Crippen LogP contribution in [0, 0.1) is 12.8 Å². The van der Waals surface area contributed by atoms with Crippen LogP contribution in [0.2, 0.25) is 15.1 Å². The van der Waals surface area contributed by atoms with E-state index in [4.69, 9.17) is 44.3 Å². The van der Waals surface area contributed by atoms with Gasteiger partial charge < -0.3 is 4.42 Å². The summed E-state index contributed by atoms with van der Waals surface area (Å²) >= 11 is 18.8. The van der Waals surface area contributed by atoms with Crippen LogP contribution in [0.15, 0.2) is 46.9 Å². The van der Waals surface area contributed by atoms with Gasteiger partial charge in [-0.1, -0.05) is 66.7 Å². The second kappa shape index (κ2) is 9.13. The van der Waals surface area contributed by atoms with Crippen LogP contribution in [-0.2, 0) is 0 Å². The third kappa shape index (κ3) is 4.30. The van der Waals surface area contributed by atoms with Crippen molar-refractivity contribution in [3.63, 3.8) is 0 Å². The summed E-state index contributed by atoms with van der Waals surface area (Å²) < 4.78 is 7.96. The molecule has 1 aliphatic carbocycles. The third-order valence-corrected chi connectivity index (χ3v) is 7.31. The molecule has 2 aromatic heterocycles. The molecule has 1 aliphatic rings. The zero-order valence-corrected chi connectivity index (χ0v) is 20.6. The van der Waals surface area contributed by atoms with E-state index in [1.165, 1.54) is 25.7 Å². The molecule has 4 aromatic rings. The molecule has 0 spiro atoms. The second-order valence-electron chi connectivity index (χ2n) is 8.62. The quantitative estimate of drug-likeness (QED) is 0.277. The lowest BCUT2D eigenvalue weighted by Crippen LogP contribution is -2.06. The molecule has 2 heterocycles. The van der Waals surface area contributed by atoms with Crippen LogP contribution >= 0.6 is 34.8 Å². The van der Waals surface area contributed by atoms with E-state index >= 15 is 0 Å². The Morgan fingerprint density at radius 1 is 0.970 bits per heavy atom. The van der Waals surface area contributed by atoms with E-state index < -0.39 is 0 Å². The summed E-state index contributed by atoms with van der Waals surface area (Å²) in [5.41, 5.74) is 4.06. The van der Waals surface area contributed by atoms with Crippen LogP contribution in [0.25, 0.3) is 28.5 Å². The molecule has 0 saturated heterocycles. The molecule has 0 N–H and O–H groups in total. The Morgan fingerprint density at radius 3 is 2.36 bits per heavy atom. The summed E-state index contributed by atoms with van der Waals surface area (Å²) in [5, 5.41) is 15.3. The summed E-state index contributed by atoms with van der Waals surface area (Å²) in [4.78, 5) is 0. The minimum Gasteiger partial charge on any atom is -0.419 e. The molecule has 1 fully saturated rings. The zero-order chi connectivity index (χ0) is 23.1. The van der Waals surface area contributed by atoms with E-state index in [9.17, 15) is 0 Å². The highest BCUT2D eigenvalue weighted by Crippen LogP contribution is 2.39. The summed E-state index contributed by atoms with van der Waals surface area (Å²) in [6.07, 6.45) is 4.96. The fourth-order valence-corrected chi connectivity index (χ4v) is 5.26. The normalized spacial score (nSPS) is 15.3. The monoisotopic (exact) mass is 500 g/mol. The van der Waals surface area contributed by atoms with Gasteiger partial charge in [-0.25, -0.2) is 4.68 Å². The van der Waals surface area contributed by atoms with Crippen LogP contribution in [0.3, 0.4) is 0 Å². The van der Waals surface area contributed by atoms with Crippen molar-refractivity contribution in [2.75, 3.05) is 0 Å². The molecule has 0 aliphatic heterocycles. The maximum atomic E-state index is 6.56. The molecule has 0 radical (unpaired) electrons. The van der Waals surface area contributed by atoms with Gasteiger partial charge in [0, 0.05) is 27.1 Å². The molecule has 5 rings (SSSR count). The largest absolute Gasteiger partial charge is 0.419 e. The van der Waals surface area contributed by atoms with Crippen LogP contribution in [0.1, 0.15) is 50.0 Å². The first-order valence-corrected chi connectivity index (χ1v) is 12.2. The molecule has 1 unspecified atom stereocenters. The SMILES string of the molecule is Cc1c(-c2nnc(C(C)C3CCCC3)o2)nn(-c2ccc(Cl)cc2Cl)c1-c1ccc(Cl)cc1. The average molecular weight is 502 g/mol. The van der Waals surface area contributed by atoms with Gasteiger partial charge in [-0.2, -0.15) is 5.10 Å². The molecule has 0 bridgehead atoms. The molecule has 2 aromatic carbocycles. The van der Waals surface area contributed by atoms with Crippen molar-refractivity contribution in [1.82, 2.24) is 20.0 Å². The minimum absolute atomic E-state index is 0.234. The topological polar surface area (TPSA) is 56.7 Å². The second-order valence-corrected chi connectivity index (χ2v) is 9.90. The molecule has 1 atom stereocenters. The first-order chi connectivity index (χ1) is 15.9. The van der Waals surface area contributed by atoms with Gasteiger partial charge in [-0.3, -0.25) is 0 Å². The van der Waals surface area contributed by atoms with Gasteiger partial charge >= 0.3 is 0 Å². The number of aromatic nitrogens is 4. The Kier molecular flexibility index (Phi) is 6.21. The van der Waals surface area contributed by atoms with Gasteiger partial charge in [-0.15, -0.1) is 10.2 Å². The van der Waals surface area contributed by atoms with Crippen molar-refractivity contribution >= 4 is 34.8 Å². The molecule has 170 valence electrons. The number of hydrogen-bond acceptors (Lipinski definition) is 4. The fourth-order valence-electron chi connectivity index (χ4n) is 4.65. The first-order valence-electron chi connectivity index (χ1n) is 11.1. The first kappa shape index (κ1) is 22.5. The standard InChI is InChI=1S/C25H23Cl3N4O/c1-14(16-5-3-4-6-16)24-29-30-25(33-24)22-15(2)23(17-7-9-18(26)10-8-17)32(31-22)21-12-11-19(27)13-20(21)28/h7-14,16H,3-6H2,1-2H3. The zero-order valence-electron chi connectivity index (χ0n) is 18.4. The summed E-state index contributed by atoms with van der Waals surface area (Å²) in [6, 6.07) is 13.0. The van der Waals surface area contributed by atoms with Crippen molar-refractivity contribution in [2.45, 2.75) is 45.4 Å². The molecule has 1 saturated carbocycles. The lowest BCUT2D eigenvalue weighted by molar-refractivity contribution is 0.373. The van der Waals surface area contributed by atoms with E-state index in [1.54, 1.807) is 16.8 Å². The smallest absolute Gasteiger partial charge is 0.268 e. The number of hydrogen-bond donors (Lipinski definition) is 0. The minimum atomic E-state index is 0.234. The van der Waals surface area contributed by atoms with E-state index in [1.807, 2.05) is 37.3 Å². The van der Waals surface area contributed by atoms with Crippen LogP contribution in [-0.4, -0.2) is 20.0 Å². The predicted octanol–water partition coefficient (Wildman–Crippen LogP) is 8.15. The van der Waals surface area contributed by atoms with Gasteiger partial charge in [0.2, 0.25) is 5.89 Å². The van der Waals surface area contributed by atoms with Crippen molar-refractivity contribution < 1.29 is 4.42 Å². The van der Waals surface area contributed by atoms with Crippen LogP contribution < -0.4 is 0 Å². The Balaban J connectivity index is 1.63. The van der Waals surface area contributed by atoms with E-state index in [-0.39, 0.29) is 5.92 Å². The van der Waals surface area contributed by atoms with Gasteiger partial charge in [0.25, 0.3) is 5.89 Å². The van der Waals surface area contributed by atoms with Crippen molar-refractivity contribution in [3.8, 4) is 28.5 Å². The van der Waals surface area contributed by atoms with Gasteiger partial charge in [0.05, 0.1) is 16.4 Å². The number of rotatable bonds is 5. The maximum absolute atomic E-state index is 6.56.